The number of nitrogens with zero attached hydrogens (tertiary/aromatic N) is 2. The zero-order valence-corrected chi connectivity index (χ0v) is 29.3. The summed E-state index contributed by atoms with van der Waals surface area (Å²) in [6.07, 6.45) is 0. The highest BCUT2D eigenvalue weighted by Crippen LogP contribution is 2.37. The fourth-order valence-electron chi connectivity index (χ4n) is 5.81. The fourth-order valence-corrected chi connectivity index (χ4v) is 7.65. The third kappa shape index (κ3) is 7.76. The fraction of sp³-hybridized carbons (Fsp3) is 0.143. The minimum Gasteiger partial charge on any atom is -0.395 e. The predicted octanol–water partition coefficient (Wildman–Crippen LogP) is 12.1. The monoisotopic (exact) mass is 632 g/mol. The molecular formula is C42H44N4Si. The molecule has 0 spiro atoms. The Hall–Kier alpha value is -5.26. The molecule has 0 fully saturated rings. The van der Waals surface area contributed by atoms with Crippen LogP contribution in [0.4, 0.5) is 45.5 Å². The quantitative estimate of drug-likeness (QED) is 0.147. The Bertz CT molecular complexity index is 1660. The van der Waals surface area contributed by atoms with Crippen LogP contribution in [-0.4, -0.2) is 8.40 Å². The standard InChI is InChI=1S/C42H44N4Si/c1-31-7-19-37(20-8-31)45(38-21-9-32(2)10-22-38)41-27-15-35(16-28-41)43-47(5,6)44-36-17-29-42(30-18-36)46(39-23-11-33(3)12-24-39)40-25-13-34(4)14-26-40/h7-30,43-44H,1-6H3. The van der Waals surface area contributed by atoms with Gasteiger partial charge in [-0.2, -0.15) is 0 Å². The van der Waals surface area contributed by atoms with Crippen LogP contribution >= 0.6 is 0 Å². The van der Waals surface area contributed by atoms with E-state index >= 15 is 0 Å². The third-order valence-corrected chi connectivity index (χ3v) is 10.2. The average Bonchev–Trinajstić information content (AvgIpc) is 3.06. The Morgan fingerprint density at radius 1 is 0.319 bits per heavy atom. The number of benzene rings is 6. The first-order chi connectivity index (χ1) is 22.6. The number of hydrogen-bond acceptors (Lipinski definition) is 4. The maximum absolute atomic E-state index is 3.83. The molecule has 0 aliphatic rings. The summed E-state index contributed by atoms with van der Waals surface area (Å²) in [7, 11) is -2.08. The van der Waals surface area contributed by atoms with Gasteiger partial charge >= 0.3 is 0 Å². The van der Waals surface area contributed by atoms with E-state index in [1.54, 1.807) is 0 Å². The molecule has 0 heterocycles. The zero-order valence-electron chi connectivity index (χ0n) is 28.3. The summed E-state index contributed by atoms with van der Waals surface area (Å²) < 4.78 is 0. The van der Waals surface area contributed by atoms with Gasteiger partial charge in [-0.1, -0.05) is 70.8 Å². The van der Waals surface area contributed by atoms with Crippen LogP contribution in [0.5, 0.6) is 0 Å². The second-order valence-electron chi connectivity index (χ2n) is 13.0. The summed E-state index contributed by atoms with van der Waals surface area (Å²) in [6.45, 7) is 13.1. The summed E-state index contributed by atoms with van der Waals surface area (Å²) >= 11 is 0. The summed E-state index contributed by atoms with van der Waals surface area (Å²) in [6, 6.07) is 52.4. The van der Waals surface area contributed by atoms with Crippen LogP contribution < -0.4 is 19.8 Å². The Balaban J connectivity index is 1.19. The van der Waals surface area contributed by atoms with Crippen LogP contribution in [0.1, 0.15) is 22.3 Å². The zero-order chi connectivity index (χ0) is 33.0. The van der Waals surface area contributed by atoms with Crippen LogP contribution in [0, 0.1) is 27.7 Å². The van der Waals surface area contributed by atoms with Gasteiger partial charge in [0.15, 0.2) is 0 Å². The first kappa shape index (κ1) is 31.7. The van der Waals surface area contributed by atoms with Crippen molar-refractivity contribution in [1.29, 1.82) is 0 Å². The second kappa shape index (κ2) is 13.6. The largest absolute Gasteiger partial charge is 0.395 e. The molecule has 0 amide bonds. The van der Waals surface area contributed by atoms with Crippen molar-refractivity contribution < 1.29 is 0 Å². The molecule has 0 unspecified atom stereocenters. The van der Waals surface area contributed by atoms with Crippen molar-refractivity contribution in [2.24, 2.45) is 0 Å². The van der Waals surface area contributed by atoms with E-state index in [0.717, 1.165) is 45.5 Å². The van der Waals surface area contributed by atoms with Gasteiger partial charge in [0, 0.05) is 45.5 Å². The first-order valence-electron chi connectivity index (χ1n) is 16.3. The predicted molar refractivity (Wildman–Crippen MR) is 206 cm³/mol. The van der Waals surface area contributed by atoms with E-state index in [0.29, 0.717) is 0 Å². The Morgan fingerprint density at radius 2 is 0.511 bits per heavy atom. The van der Waals surface area contributed by atoms with E-state index in [1.807, 2.05) is 0 Å². The van der Waals surface area contributed by atoms with Gasteiger partial charge in [-0.3, -0.25) is 0 Å². The van der Waals surface area contributed by atoms with E-state index < -0.39 is 8.40 Å². The highest BCUT2D eigenvalue weighted by atomic mass is 28.3. The van der Waals surface area contributed by atoms with Gasteiger partial charge in [-0.25, -0.2) is 0 Å². The molecule has 47 heavy (non-hydrogen) atoms. The second-order valence-corrected chi connectivity index (χ2v) is 16.7. The molecule has 6 aromatic rings. The van der Waals surface area contributed by atoms with Crippen molar-refractivity contribution in [2.45, 2.75) is 40.8 Å². The molecule has 0 aliphatic heterocycles. The number of nitrogens with one attached hydrogen (secondary N) is 2. The lowest BCUT2D eigenvalue weighted by Gasteiger charge is -2.29. The van der Waals surface area contributed by atoms with Crippen molar-refractivity contribution in [3.05, 3.63) is 168 Å². The van der Waals surface area contributed by atoms with E-state index in [-0.39, 0.29) is 0 Å². The first-order valence-corrected chi connectivity index (χ1v) is 19.3. The molecule has 4 nitrogen and oxygen atoms in total. The Kier molecular flexibility index (Phi) is 9.18. The molecule has 0 saturated heterocycles. The molecule has 0 aliphatic carbocycles. The normalized spacial score (nSPS) is 11.2. The molecule has 236 valence electrons. The van der Waals surface area contributed by atoms with E-state index in [1.165, 1.54) is 22.3 Å². The Morgan fingerprint density at radius 3 is 0.723 bits per heavy atom. The van der Waals surface area contributed by atoms with Crippen molar-refractivity contribution in [2.75, 3.05) is 19.8 Å². The van der Waals surface area contributed by atoms with Gasteiger partial charge in [0.2, 0.25) is 0 Å². The molecule has 0 bridgehead atoms. The topological polar surface area (TPSA) is 30.5 Å². The van der Waals surface area contributed by atoms with Crippen molar-refractivity contribution in [1.82, 2.24) is 0 Å². The molecule has 6 rings (SSSR count). The van der Waals surface area contributed by atoms with Gasteiger partial charge in [0.05, 0.1) is 0 Å². The number of anilines is 8. The minimum atomic E-state index is -2.08. The number of rotatable bonds is 10. The number of hydrogen-bond donors (Lipinski definition) is 2. The molecule has 0 saturated carbocycles. The smallest absolute Gasteiger partial charge is 0.252 e. The van der Waals surface area contributed by atoms with Gasteiger partial charge < -0.3 is 19.8 Å². The van der Waals surface area contributed by atoms with Crippen molar-refractivity contribution in [3.8, 4) is 0 Å². The van der Waals surface area contributed by atoms with Crippen molar-refractivity contribution in [3.63, 3.8) is 0 Å². The van der Waals surface area contributed by atoms with Gasteiger partial charge in [0.1, 0.15) is 0 Å². The summed E-state index contributed by atoms with van der Waals surface area (Å²) in [4.78, 5) is 12.3. The summed E-state index contributed by atoms with van der Waals surface area (Å²) in [5.74, 6) is 0. The molecular weight excluding hydrogens is 589 g/mol. The highest BCUT2D eigenvalue weighted by molar-refractivity contribution is 6.83. The highest BCUT2D eigenvalue weighted by Gasteiger charge is 2.22. The number of aryl methyl sites for hydroxylation is 4. The van der Waals surface area contributed by atoms with Crippen LogP contribution in [0.15, 0.2) is 146 Å². The van der Waals surface area contributed by atoms with E-state index in [2.05, 4.69) is 206 Å². The van der Waals surface area contributed by atoms with E-state index in [9.17, 15) is 0 Å². The summed E-state index contributed by atoms with van der Waals surface area (Å²) in [5, 5.41) is 0. The van der Waals surface area contributed by atoms with Crippen LogP contribution in [0.25, 0.3) is 0 Å². The summed E-state index contributed by atoms with van der Waals surface area (Å²) in [5.41, 5.74) is 14.0. The van der Waals surface area contributed by atoms with E-state index in [4.69, 9.17) is 0 Å². The minimum absolute atomic E-state index is 1.10. The molecule has 0 atom stereocenters. The average molecular weight is 633 g/mol. The van der Waals surface area contributed by atoms with Gasteiger partial charge in [-0.05, 0) is 138 Å². The lowest BCUT2D eigenvalue weighted by Crippen LogP contribution is -2.45. The third-order valence-electron chi connectivity index (χ3n) is 8.33. The lowest BCUT2D eigenvalue weighted by atomic mass is 10.1. The molecule has 0 aromatic heterocycles. The maximum Gasteiger partial charge on any atom is 0.252 e. The molecule has 6 aromatic carbocycles. The van der Waals surface area contributed by atoms with Gasteiger partial charge in [-0.15, -0.1) is 0 Å². The van der Waals surface area contributed by atoms with Crippen LogP contribution in [-0.2, 0) is 0 Å². The van der Waals surface area contributed by atoms with Crippen LogP contribution in [0.2, 0.25) is 13.1 Å². The molecule has 0 radical (unpaired) electrons. The molecule has 2 N–H and O–H groups in total. The van der Waals surface area contributed by atoms with Crippen LogP contribution in [0.3, 0.4) is 0 Å². The van der Waals surface area contributed by atoms with Gasteiger partial charge in [0.25, 0.3) is 8.40 Å². The lowest BCUT2D eigenvalue weighted by molar-refractivity contribution is 1.27. The SMILES string of the molecule is Cc1ccc(N(c2ccc(C)cc2)c2ccc(N[Si](C)(C)Nc3ccc(N(c4ccc(C)cc4)c4ccc(C)cc4)cc3)cc2)cc1. The van der Waals surface area contributed by atoms with Crippen molar-refractivity contribution >= 4 is 53.9 Å². The Labute approximate surface area is 281 Å². The maximum atomic E-state index is 3.83. The molecule has 5 heteroatoms.